The van der Waals surface area contributed by atoms with Crippen LogP contribution in [0.15, 0.2) is 73.3 Å². The number of aromatic nitrogens is 4. The van der Waals surface area contributed by atoms with Gasteiger partial charge in [-0.2, -0.15) is 5.26 Å². The molecule has 0 atom stereocenters. The largest absolute Gasteiger partial charge is 0.365 e. The zero-order valence-corrected chi connectivity index (χ0v) is 30.3. The molecule has 2 aliphatic heterocycles. The summed E-state index contributed by atoms with van der Waals surface area (Å²) in [5.41, 5.74) is 6.35. The average molecular weight is 689 g/mol. The Hall–Kier alpha value is -5.57. The summed E-state index contributed by atoms with van der Waals surface area (Å²) in [5, 5.41) is 11.7. The van der Waals surface area contributed by atoms with E-state index in [1.54, 1.807) is 17.3 Å². The van der Waals surface area contributed by atoms with E-state index in [-0.39, 0.29) is 17.8 Å². The Balaban J connectivity index is 0.000000198. The molecule has 4 aromatic rings. The van der Waals surface area contributed by atoms with Crippen molar-refractivity contribution < 1.29 is 9.59 Å². The molecule has 0 spiro atoms. The van der Waals surface area contributed by atoms with E-state index in [4.69, 9.17) is 5.26 Å². The maximum Gasteiger partial charge on any atom is 0.321 e. The van der Waals surface area contributed by atoms with Gasteiger partial charge in [-0.05, 0) is 47.6 Å². The number of amides is 3. The molecule has 2 aliphatic rings. The van der Waals surface area contributed by atoms with Gasteiger partial charge in [0.2, 0.25) is 11.7 Å². The van der Waals surface area contributed by atoms with Crippen molar-refractivity contribution in [2.24, 2.45) is 0 Å². The number of nitrogens with zero attached hydrogens (tertiary/aromatic N) is 9. The van der Waals surface area contributed by atoms with Crippen LogP contribution >= 0.6 is 0 Å². The van der Waals surface area contributed by atoms with Crippen molar-refractivity contribution in [3.63, 3.8) is 0 Å². The first kappa shape index (κ1) is 36.7. The Bertz CT molecular complexity index is 1750. The molecular formula is C39H48N10O2. The molecule has 6 rings (SSSR count). The van der Waals surface area contributed by atoms with E-state index >= 15 is 0 Å². The zero-order valence-electron chi connectivity index (χ0n) is 30.3. The molecule has 0 radical (unpaired) electrons. The second-order valence-corrected chi connectivity index (χ2v) is 13.5. The Morgan fingerprint density at radius 1 is 0.686 bits per heavy atom. The van der Waals surface area contributed by atoms with E-state index < -0.39 is 0 Å². The molecule has 12 heteroatoms. The molecular weight excluding hydrogens is 640 g/mol. The van der Waals surface area contributed by atoms with Crippen LogP contribution in [0.3, 0.4) is 0 Å². The summed E-state index contributed by atoms with van der Waals surface area (Å²) >= 11 is 0. The van der Waals surface area contributed by atoms with Gasteiger partial charge >= 0.3 is 6.03 Å². The molecule has 2 saturated heterocycles. The molecule has 266 valence electrons. The normalized spacial score (nSPS) is 14.5. The molecule has 3 amide bonds. The average Bonchev–Trinajstić information content (AvgIpc) is 3.16. The number of hydrogen-bond donors (Lipinski definition) is 1. The van der Waals surface area contributed by atoms with E-state index in [2.05, 4.69) is 87.0 Å². The summed E-state index contributed by atoms with van der Waals surface area (Å²) < 4.78 is 0. The lowest BCUT2D eigenvalue weighted by atomic mass is 10.0. The number of hydrogen-bond acceptors (Lipinski definition) is 9. The summed E-state index contributed by atoms with van der Waals surface area (Å²) in [6.07, 6.45) is 7.49. The van der Waals surface area contributed by atoms with Crippen molar-refractivity contribution in [1.29, 1.82) is 5.26 Å². The minimum atomic E-state index is -0.0852. The lowest BCUT2D eigenvalue weighted by molar-refractivity contribution is -0.130. The molecule has 1 N–H and O–H groups in total. The topological polar surface area (TPSA) is 134 Å². The van der Waals surface area contributed by atoms with Crippen molar-refractivity contribution in [1.82, 2.24) is 29.7 Å². The van der Waals surface area contributed by atoms with Gasteiger partial charge < -0.3 is 24.9 Å². The quantitative estimate of drug-likeness (QED) is 0.262. The molecule has 0 aliphatic carbocycles. The van der Waals surface area contributed by atoms with Crippen molar-refractivity contribution >= 4 is 29.0 Å². The minimum Gasteiger partial charge on any atom is -0.365 e. The van der Waals surface area contributed by atoms with Crippen molar-refractivity contribution in [3.8, 4) is 6.07 Å². The number of nitrogens with one attached hydrogen (secondary N) is 1. The Morgan fingerprint density at radius 2 is 1.14 bits per heavy atom. The van der Waals surface area contributed by atoms with Crippen LogP contribution < -0.4 is 15.1 Å². The van der Waals surface area contributed by atoms with Gasteiger partial charge in [0, 0.05) is 58.0 Å². The zero-order chi connectivity index (χ0) is 36.3. The summed E-state index contributed by atoms with van der Waals surface area (Å²) in [6, 6.07) is 18.2. The van der Waals surface area contributed by atoms with Crippen LogP contribution in [0, 0.1) is 18.3 Å². The lowest BCUT2D eigenvalue weighted by Gasteiger charge is -2.35. The number of benzene rings is 2. The van der Waals surface area contributed by atoms with E-state index in [9.17, 15) is 9.59 Å². The van der Waals surface area contributed by atoms with Crippen LogP contribution in [0.25, 0.3) is 0 Å². The second kappa shape index (κ2) is 17.4. The predicted molar refractivity (Wildman–Crippen MR) is 200 cm³/mol. The van der Waals surface area contributed by atoms with Gasteiger partial charge in [-0.15, -0.1) is 0 Å². The fourth-order valence-corrected chi connectivity index (χ4v) is 5.93. The Morgan fingerprint density at radius 3 is 1.61 bits per heavy atom. The van der Waals surface area contributed by atoms with Crippen LogP contribution in [0.1, 0.15) is 67.9 Å². The first-order chi connectivity index (χ1) is 24.6. The molecule has 4 heterocycles. The fraction of sp³-hybridized carbons (Fsp3) is 0.410. The molecule has 2 aromatic carbocycles. The molecule has 0 unspecified atom stereocenters. The number of urea groups is 1. The van der Waals surface area contributed by atoms with Gasteiger partial charge in [0.05, 0.1) is 42.6 Å². The highest BCUT2D eigenvalue weighted by Crippen LogP contribution is 2.20. The number of nitriles is 1. The highest BCUT2D eigenvalue weighted by molar-refractivity contribution is 5.89. The number of aryl methyl sites for hydroxylation is 1. The monoisotopic (exact) mass is 688 g/mol. The van der Waals surface area contributed by atoms with Gasteiger partial charge in [0.1, 0.15) is 11.9 Å². The Labute approximate surface area is 301 Å². The number of carbonyl (C=O) groups is 2. The summed E-state index contributed by atoms with van der Waals surface area (Å²) in [5.74, 6) is 2.14. The van der Waals surface area contributed by atoms with Crippen LogP contribution in [0.2, 0.25) is 0 Å². The van der Waals surface area contributed by atoms with Gasteiger partial charge in [-0.3, -0.25) is 4.79 Å². The van der Waals surface area contributed by atoms with Crippen LogP contribution in [-0.2, 0) is 11.2 Å². The molecule has 2 aromatic heterocycles. The number of anilines is 3. The van der Waals surface area contributed by atoms with Crippen LogP contribution in [0.4, 0.5) is 21.9 Å². The minimum absolute atomic E-state index is 0.0852. The van der Waals surface area contributed by atoms with E-state index in [1.807, 2.05) is 54.6 Å². The fourth-order valence-electron chi connectivity index (χ4n) is 5.93. The summed E-state index contributed by atoms with van der Waals surface area (Å²) in [6.45, 7) is 16.3. The van der Waals surface area contributed by atoms with Gasteiger partial charge in [-0.1, -0.05) is 64.1 Å². The first-order valence-corrected chi connectivity index (χ1v) is 17.6. The summed E-state index contributed by atoms with van der Waals surface area (Å²) in [4.78, 5) is 49.6. The van der Waals surface area contributed by atoms with Gasteiger partial charge in [0.25, 0.3) is 0 Å². The first-order valence-electron chi connectivity index (χ1n) is 17.6. The number of piperazine rings is 2. The summed E-state index contributed by atoms with van der Waals surface area (Å²) in [7, 11) is 0. The van der Waals surface area contributed by atoms with Gasteiger partial charge in [-0.25, -0.2) is 24.7 Å². The maximum atomic E-state index is 12.6. The Kier molecular flexibility index (Phi) is 12.5. The molecule has 0 saturated carbocycles. The second-order valence-electron chi connectivity index (χ2n) is 13.5. The van der Waals surface area contributed by atoms with Crippen LogP contribution in [0.5, 0.6) is 0 Å². The van der Waals surface area contributed by atoms with E-state index in [0.717, 1.165) is 54.6 Å². The highest BCUT2D eigenvalue weighted by atomic mass is 16.2. The standard InChI is InChI=1S/C20H26N4O.C19H22N6O/c1-15(2)18-6-4-17(5-7-18)12-20(25)24-10-8-23(9-11-24)19-13-21-16(3)22-14-19;1-14(2)15-3-5-16(6-4-15)23-19(26)25-9-7-24(8-10-25)17-12-21-18(11-20)22-13-17/h4-7,13-15H,8-12H2,1-3H3;3-6,12-14H,7-10H2,1-2H3,(H,23,26). The maximum absolute atomic E-state index is 12.6. The van der Waals surface area contributed by atoms with Gasteiger partial charge in [0.15, 0.2) is 0 Å². The highest BCUT2D eigenvalue weighted by Gasteiger charge is 2.23. The smallest absolute Gasteiger partial charge is 0.321 e. The number of carbonyl (C=O) groups excluding carboxylic acids is 2. The van der Waals surface area contributed by atoms with Crippen molar-refractivity contribution in [3.05, 3.63) is 102 Å². The van der Waals surface area contributed by atoms with E-state index in [1.165, 1.54) is 11.1 Å². The predicted octanol–water partition coefficient (Wildman–Crippen LogP) is 5.63. The lowest BCUT2D eigenvalue weighted by Crippen LogP contribution is -2.50. The van der Waals surface area contributed by atoms with Crippen molar-refractivity contribution in [2.45, 2.75) is 52.9 Å². The van der Waals surface area contributed by atoms with Crippen molar-refractivity contribution in [2.75, 3.05) is 67.5 Å². The molecule has 2 fully saturated rings. The van der Waals surface area contributed by atoms with E-state index in [0.29, 0.717) is 44.4 Å². The third kappa shape index (κ3) is 10.2. The SMILES string of the molecule is CC(C)c1ccc(NC(=O)N2CCN(c3cnc(C#N)nc3)CC2)cc1.Cc1ncc(N2CCN(C(=O)Cc3ccc(C(C)C)cc3)CC2)cn1. The molecule has 0 bridgehead atoms. The molecule has 12 nitrogen and oxygen atoms in total. The third-order valence-corrected chi connectivity index (χ3v) is 9.27. The molecule has 51 heavy (non-hydrogen) atoms. The number of rotatable bonds is 7. The van der Waals surface area contributed by atoms with Crippen LogP contribution in [-0.4, -0.2) is 94.0 Å². The third-order valence-electron chi connectivity index (χ3n) is 9.27.